The summed E-state index contributed by atoms with van der Waals surface area (Å²) < 4.78 is 0. The summed E-state index contributed by atoms with van der Waals surface area (Å²) in [4.78, 5) is 24.7. The van der Waals surface area contributed by atoms with Gasteiger partial charge in [-0.15, -0.1) is 0 Å². The molecule has 0 aromatic rings. The zero-order chi connectivity index (χ0) is 9.97. The predicted octanol–water partition coefficient (Wildman–Crippen LogP) is 0.135. The second-order valence-corrected chi connectivity index (χ2v) is 4.05. The van der Waals surface area contributed by atoms with Gasteiger partial charge in [0.25, 0.3) is 0 Å². The molecule has 0 radical (unpaired) electrons. The molecule has 2 amide bonds. The van der Waals surface area contributed by atoms with E-state index in [4.69, 9.17) is 0 Å². The molecule has 1 aliphatic carbocycles. The molecule has 0 aromatic heterocycles. The summed E-state index contributed by atoms with van der Waals surface area (Å²) in [5, 5.41) is 2.77. The standard InChI is InChI=1S/C10H16N2O2/c13-9-4-6-12(7-5-11-9)10(14)8-2-1-3-8/h8H,1-7H2,(H,11,13). The first-order chi connectivity index (χ1) is 6.77. The van der Waals surface area contributed by atoms with Crippen LogP contribution in [0.5, 0.6) is 0 Å². The lowest BCUT2D eigenvalue weighted by molar-refractivity contribution is -0.137. The smallest absolute Gasteiger partial charge is 0.225 e. The highest BCUT2D eigenvalue weighted by Crippen LogP contribution is 2.28. The average Bonchev–Trinajstić information content (AvgIpc) is 2.26. The number of nitrogens with one attached hydrogen (secondary N) is 1. The minimum atomic E-state index is 0.0638. The van der Waals surface area contributed by atoms with Crippen molar-refractivity contribution in [3.05, 3.63) is 0 Å². The number of carbonyl (C=O) groups is 2. The van der Waals surface area contributed by atoms with E-state index in [9.17, 15) is 9.59 Å². The Balaban J connectivity index is 1.89. The van der Waals surface area contributed by atoms with Crippen molar-refractivity contribution in [1.82, 2.24) is 10.2 Å². The summed E-state index contributed by atoms with van der Waals surface area (Å²) in [6, 6.07) is 0. The van der Waals surface area contributed by atoms with Gasteiger partial charge in [0, 0.05) is 32.0 Å². The highest BCUT2D eigenvalue weighted by Gasteiger charge is 2.30. The number of hydrogen-bond donors (Lipinski definition) is 1. The third-order valence-electron chi connectivity index (χ3n) is 3.08. The normalized spacial score (nSPS) is 23.7. The van der Waals surface area contributed by atoms with Crippen LogP contribution >= 0.6 is 0 Å². The van der Waals surface area contributed by atoms with Crippen LogP contribution in [0.2, 0.25) is 0 Å². The molecule has 0 atom stereocenters. The lowest BCUT2D eigenvalue weighted by atomic mass is 9.84. The van der Waals surface area contributed by atoms with Crippen molar-refractivity contribution < 1.29 is 9.59 Å². The summed E-state index contributed by atoms with van der Waals surface area (Å²) in [5.74, 6) is 0.574. The first-order valence-corrected chi connectivity index (χ1v) is 5.33. The monoisotopic (exact) mass is 196 g/mol. The zero-order valence-electron chi connectivity index (χ0n) is 8.29. The Morgan fingerprint density at radius 3 is 2.79 bits per heavy atom. The Kier molecular flexibility index (Phi) is 2.70. The molecule has 2 rings (SSSR count). The molecule has 78 valence electrons. The molecular weight excluding hydrogens is 180 g/mol. The number of rotatable bonds is 1. The van der Waals surface area contributed by atoms with Crippen LogP contribution in [-0.2, 0) is 9.59 Å². The molecule has 1 saturated carbocycles. The maximum Gasteiger partial charge on any atom is 0.225 e. The summed E-state index contributed by atoms with van der Waals surface area (Å²) in [7, 11) is 0. The molecule has 4 nitrogen and oxygen atoms in total. The lowest BCUT2D eigenvalue weighted by Crippen LogP contribution is -2.40. The molecule has 2 aliphatic rings. The fourth-order valence-corrected chi connectivity index (χ4v) is 1.90. The highest BCUT2D eigenvalue weighted by molar-refractivity contribution is 5.82. The molecule has 1 aliphatic heterocycles. The number of hydrogen-bond acceptors (Lipinski definition) is 2. The maximum absolute atomic E-state index is 11.8. The summed E-state index contributed by atoms with van der Waals surface area (Å²) in [6.07, 6.45) is 3.72. The van der Waals surface area contributed by atoms with Gasteiger partial charge in [-0.05, 0) is 12.8 Å². The highest BCUT2D eigenvalue weighted by atomic mass is 16.2. The molecule has 1 saturated heterocycles. The van der Waals surface area contributed by atoms with Crippen molar-refractivity contribution in [2.45, 2.75) is 25.7 Å². The van der Waals surface area contributed by atoms with E-state index >= 15 is 0 Å². The molecule has 2 fully saturated rings. The third-order valence-corrected chi connectivity index (χ3v) is 3.08. The quantitative estimate of drug-likeness (QED) is 0.648. The van der Waals surface area contributed by atoms with Gasteiger partial charge in [0.1, 0.15) is 0 Å². The number of nitrogens with zero attached hydrogens (tertiary/aromatic N) is 1. The Hall–Kier alpha value is -1.06. The molecule has 1 heterocycles. The van der Waals surface area contributed by atoms with E-state index in [0.29, 0.717) is 26.1 Å². The van der Waals surface area contributed by atoms with Crippen LogP contribution in [0.1, 0.15) is 25.7 Å². The molecule has 0 spiro atoms. The van der Waals surface area contributed by atoms with E-state index < -0.39 is 0 Å². The zero-order valence-corrected chi connectivity index (χ0v) is 8.29. The summed E-state index contributed by atoms with van der Waals surface area (Å²) in [5.41, 5.74) is 0. The van der Waals surface area contributed by atoms with Gasteiger partial charge in [-0.25, -0.2) is 0 Å². The van der Waals surface area contributed by atoms with Crippen LogP contribution in [0.4, 0.5) is 0 Å². The van der Waals surface area contributed by atoms with Gasteiger partial charge in [0.05, 0.1) is 0 Å². The summed E-state index contributed by atoms with van der Waals surface area (Å²) in [6.45, 7) is 1.89. The lowest BCUT2D eigenvalue weighted by Gasteiger charge is -2.30. The first kappa shape index (κ1) is 9.49. The average molecular weight is 196 g/mol. The molecule has 14 heavy (non-hydrogen) atoms. The van der Waals surface area contributed by atoms with Gasteiger partial charge < -0.3 is 10.2 Å². The second-order valence-electron chi connectivity index (χ2n) is 4.05. The minimum Gasteiger partial charge on any atom is -0.354 e. The fourth-order valence-electron chi connectivity index (χ4n) is 1.90. The van der Waals surface area contributed by atoms with E-state index in [0.717, 1.165) is 12.8 Å². The van der Waals surface area contributed by atoms with Crippen molar-refractivity contribution in [2.24, 2.45) is 5.92 Å². The number of amides is 2. The Morgan fingerprint density at radius 1 is 1.36 bits per heavy atom. The van der Waals surface area contributed by atoms with E-state index in [1.54, 1.807) is 0 Å². The van der Waals surface area contributed by atoms with E-state index in [2.05, 4.69) is 5.32 Å². The first-order valence-electron chi connectivity index (χ1n) is 5.33. The predicted molar refractivity (Wildman–Crippen MR) is 51.5 cm³/mol. The Morgan fingerprint density at radius 2 is 2.14 bits per heavy atom. The van der Waals surface area contributed by atoms with E-state index in [-0.39, 0.29) is 17.7 Å². The van der Waals surface area contributed by atoms with Gasteiger partial charge in [-0.3, -0.25) is 9.59 Å². The number of carbonyl (C=O) groups excluding carboxylic acids is 2. The van der Waals surface area contributed by atoms with Gasteiger partial charge in [0.15, 0.2) is 0 Å². The van der Waals surface area contributed by atoms with Gasteiger partial charge in [-0.1, -0.05) is 6.42 Å². The van der Waals surface area contributed by atoms with Gasteiger partial charge >= 0.3 is 0 Å². The third kappa shape index (κ3) is 1.89. The van der Waals surface area contributed by atoms with Crippen LogP contribution in [0.25, 0.3) is 0 Å². The van der Waals surface area contributed by atoms with Crippen molar-refractivity contribution in [1.29, 1.82) is 0 Å². The van der Waals surface area contributed by atoms with Gasteiger partial charge in [0.2, 0.25) is 11.8 Å². The van der Waals surface area contributed by atoms with Crippen molar-refractivity contribution >= 4 is 11.8 Å². The van der Waals surface area contributed by atoms with Crippen LogP contribution in [0.15, 0.2) is 0 Å². The van der Waals surface area contributed by atoms with Crippen LogP contribution < -0.4 is 5.32 Å². The van der Waals surface area contributed by atoms with Crippen LogP contribution in [0, 0.1) is 5.92 Å². The van der Waals surface area contributed by atoms with Crippen LogP contribution in [0.3, 0.4) is 0 Å². The molecule has 0 unspecified atom stereocenters. The van der Waals surface area contributed by atoms with Crippen molar-refractivity contribution in [2.75, 3.05) is 19.6 Å². The molecule has 4 heteroatoms. The summed E-state index contributed by atoms with van der Waals surface area (Å²) >= 11 is 0. The molecule has 0 bridgehead atoms. The largest absolute Gasteiger partial charge is 0.354 e. The van der Waals surface area contributed by atoms with Crippen LogP contribution in [-0.4, -0.2) is 36.3 Å². The molecule has 1 N–H and O–H groups in total. The van der Waals surface area contributed by atoms with Crippen molar-refractivity contribution in [3.63, 3.8) is 0 Å². The fraction of sp³-hybridized carbons (Fsp3) is 0.800. The minimum absolute atomic E-state index is 0.0638. The van der Waals surface area contributed by atoms with E-state index in [1.807, 2.05) is 4.90 Å². The topological polar surface area (TPSA) is 49.4 Å². The second kappa shape index (κ2) is 3.98. The Labute approximate surface area is 83.6 Å². The molecular formula is C10H16N2O2. The Bertz CT molecular complexity index is 249. The van der Waals surface area contributed by atoms with Gasteiger partial charge in [-0.2, -0.15) is 0 Å². The van der Waals surface area contributed by atoms with E-state index in [1.165, 1.54) is 6.42 Å². The molecule has 0 aromatic carbocycles. The SMILES string of the molecule is O=C1CCN(C(=O)C2CCC2)CCN1. The van der Waals surface area contributed by atoms with Crippen molar-refractivity contribution in [3.8, 4) is 0 Å². The maximum atomic E-state index is 11.8.